The van der Waals surface area contributed by atoms with Gasteiger partial charge in [-0.15, -0.1) is 0 Å². The molecule has 4 aromatic rings. The van der Waals surface area contributed by atoms with E-state index in [0.717, 1.165) is 46.2 Å². The minimum absolute atomic E-state index is 0.0461. The standard InChI is InChI=1S/C23H24N4/c1-16(21-14-17-8-4-5-9-18(17)26-27-21)12-13-23(2,3)22-15-24-19-10-6-7-11-20(19)25-22/h4-11,14-16H,12-13H2,1-3H3. The number of nitrogens with zero attached hydrogens (tertiary/aromatic N) is 4. The molecule has 0 amide bonds. The van der Waals surface area contributed by atoms with Gasteiger partial charge < -0.3 is 0 Å². The van der Waals surface area contributed by atoms with Crippen LogP contribution in [0.3, 0.4) is 0 Å². The quantitative estimate of drug-likeness (QED) is 0.478. The molecule has 2 aromatic heterocycles. The second kappa shape index (κ2) is 7.03. The summed E-state index contributed by atoms with van der Waals surface area (Å²) in [6.45, 7) is 6.70. The molecule has 0 aliphatic heterocycles. The Hall–Kier alpha value is -2.88. The molecule has 0 saturated heterocycles. The number of rotatable bonds is 5. The van der Waals surface area contributed by atoms with Crippen molar-refractivity contribution in [2.24, 2.45) is 0 Å². The maximum Gasteiger partial charge on any atom is 0.0929 e. The summed E-state index contributed by atoms with van der Waals surface area (Å²) in [5.74, 6) is 0.342. The van der Waals surface area contributed by atoms with Gasteiger partial charge in [0.15, 0.2) is 0 Å². The van der Waals surface area contributed by atoms with Crippen molar-refractivity contribution in [1.29, 1.82) is 0 Å². The average Bonchev–Trinajstić information content (AvgIpc) is 2.71. The first-order valence-electron chi connectivity index (χ1n) is 9.47. The van der Waals surface area contributed by atoms with Crippen LogP contribution in [0.25, 0.3) is 21.9 Å². The van der Waals surface area contributed by atoms with Crippen LogP contribution in [0, 0.1) is 0 Å². The van der Waals surface area contributed by atoms with Gasteiger partial charge in [-0.05, 0) is 37.1 Å². The van der Waals surface area contributed by atoms with Gasteiger partial charge in [-0.25, -0.2) is 4.98 Å². The molecular formula is C23H24N4. The van der Waals surface area contributed by atoms with Crippen molar-refractivity contribution in [2.45, 2.75) is 44.9 Å². The van der Waals surface area contributed by atoms with Gasteiger partial charge in [0.2, 0.25) is 0 Å². The summed E-state index contributed by atoms with van der Waals surface area (Å²) in [7, 11) is 0. The molecular weight excluding hydrogens is 332 g/mol. The summed E-state index contributed by atoms with van der Waals surface area (Å²) in [6, 6.07) is 18.3. The fourth-order valence-electron chi connectivity index (χ4n) is 3.38. The van der Waals surface area contributed by atoms with E-state index in [-0.39, 0.29) is 5.41 Å². The summed E-state index contributed by atoms with van der Waals surface area (Å²) in [5.41, 5.74) is 4.89. The van der Waals surface area contributed by atoms with Crippen LogP contribution in [0.5, 0.6) is 0 Å². The Morgan fingerprint density at radius 1 is 0.889 bits per heavy atom. The molecule has 0 spiro atoms. The normalized spacial score (nSPS) is 13.1. The van der Waals surface area contributed by atoms with Crippen LogP contribution in [0.1, 0.15) is 50.9 Å². The van der Waals surface area contributed by atoms with Gasteiger partial charge >= 0.3 is 0 Å². The smallest absolute Gasteiger partial charge is 0.0929 e. The lowest BCUT2D eigenvalue weighted by molar-refractivity contribution is 0.426. The van der Waals surface area contributed by atoms with Crippen molar-refractivity contribution in [2.75, 3.05) is 0 Å². The molecule has 136 valence electrons. The number of aromatic nitrogens is 4. The highest BCUT2D eigenvalue weighted by molar-refractivity contribution is 5.78. The van der Waals surface area contributed by atoms with E-state index in [0.29, 0.717) is 5.92 Å². The van der Waals surface area contributed by atoms with E-state index in [1.54, 1.807) is 0 Å². The van der Waals surface area contributed by atoms with E-state index in [4.69, 9.17) is 4.98 Å². The third kappa shape index (κ3) is 3.65. The SMILES string of the molecule is CC(CCC(C)(C)c1cnc2ccccc2n1)c1cc2ccccc2nn1. The van der Waals surface area contributed by atoms with Crippen molar-refractivity contribution in [3.8, 4) is 0 Å². The number of benzene rings is 2. The van der Waals surface area contributed by atoms with Crippen LogP contribution >= 0.6 is 0 Å². The van der Waals surface area contributed by atoms with E-state index in [1.807, 2.05) is 48.7 Å². The van der Waals surface area contributed by atoms with E-state index >= 15 is 0 Å². The summed E-state index contributed by atoms with van der Waals surface area (Å²) in [5, 5.41) is 9.96. The zero-order valence-corrected chi connectivity index (χ0v) is 16.1. The molecule has 0 radical (unpaired) electrons. The Morgan fingerprint density at radius 3 is 2.41 bits per heavy atom. The Bertz CT molecular complexity index is 1090. The van der Waals surface area contributed by atoms with E-state index in [9.17, 15) is 0 Å². The molecule has 0 saturated carbocycles. The molecule has 1 unspecified atom stereocenters. The van der Waals surface area contributed by atoms with Gasteiger partial charge in [0, 0.05) is 22.9 Å². The van der Waals surface area contributed by atoms with Crippen LogP contribution in [-0.4, -0.2) is 20.2 Å². The van der Waals surface area contributed by atoms with Crippen molar-refractivity contribution < 1.29 is 0 Å². The predicted octanol–water partition coefficient (Wildman–Crippen LogP) is 5.43. The second-order valence-corrected chi connectivity index (χ2v) is 7.90. The Labute approximate surface area is 159 Å². The number of hydrogen-bond acceptors (Lipinski definition) is 4. The van der Waals surface area contributed by atoms with E-state index in [2.05, 4.69) is 48.1 Å². The lowest BCUT2D eigenvalue weighted by Crippen LogP contribution is -2.20. The molecule has 0 N–H and O–H groups in total. The fourth-order valence-corrected chi connectivity index (χ4v) is 3.38. The zero-order chi connectivity index (χ0) is 18.9. The molecule has 4 nitrogen and oxygen atoms in total. The Balaban J connectivity index is 1.51. The molecule has 1 atom stereocenters. The van der Waals surface area contributed by atoms with E-state index in [1.165, 1.54) is 0 Å². The lowest BCUT2D eigenvalue weighted by atomic mass is 9.81. The highest BCUT2D eigenvalue weighted by atomic mass is 15.1. The van der Waals surface area contributed by atoms with Crippen molar-refractivity contribution in [3.05, 3.63) is 72.2 Å². The van der Waals surface area contributed by atoms with Crippen molar-refractivity contribution >= 4 is 21.9 Å². The first-order chi connectivity index (χ1) is 13.0. The summed E-state index contributed by atoms with van der Waals surface area (Å²) >= 11 is 0. The molecule has 2 aromatic carbocycles. The number of para-hydroxylation sites is 2. The highest BCUT2D eigenvalue weighted by Crippen LogP contribution is 2.32. The first kappa shape index (κ1) is 17.5. The largest absolute Gasteiger partial charge is 0.253 e. The Morgan fingerprint density at radius 2 is 1.59 bits per heavy atom. The van der Waals surface area contributed by atoms with Gasteiger partial charge in [0.25, 0.3) is 0 Å². The van der Waals surface area contributed by atoms with E-state index < -0.39 is 0 Å². The summed E-state index contributed by atoms with van der Waals surface area (Å²) in [4.78, 5) is 9.43. The topological polar surface area (TPSA) is 51.6 Å². The minimum Gasteiger partial charge on any atom is -0.253 e. The van der Waals surface area contributed by atoms with Gasteiger partial charge in [-0.3, -0.25) is 4.98 Å². The molecule has 0 fully saturated rings. The molecule has 2 heterocycles. The average molecular weight is 356 g/mol. The molecule has 0 aliphatic carbocycles. The van der Waals surface area contributed by atoms with Gasteiger partial charge in [0.05, 0.1) is 27.9 Å². The third-order valence-electron chi connectivity index (χ3n) is 5.36. The maximum atomic E-state index is 4.85. The Kier molecular flexibility index (Phi) is 4.56. The van der Waals surface area contributed by atoms with Gasteiger partial charge in [-0.2, -0.15) is 10.2 Å². The third-order valence-corrected chi connectivity index (χ3v) is 5.36. The number of hydrogen-bond donors (Lipinski definition) is 0. The highest BCUT2D eigenvalue weighted by Gasteiger charge is 2.24. The van der Waals surface area contributed by atoms with Crippen molar-refractivity contribution in [3.63, 3.8) is 0 Å². The molecule has 0 bridgehead atoms. The summed E-state index contributed by atoms with van der Waals surface area (Å²) in [6.07, 6.45) is 3.95. The molecule has 0 aliphatic rings. The second-order valence-electron chi connectivity index (χ2n) is 7.90. The predicted molar refractivity (Wildman–Crippen MR) is 110 cm³/mol. The van der Waals surface area contributed by atoms with Crippen molar-refractivity contribution in [1.82, 2.24) is 20.2 Å². The fraction of sp³-hybridized carbons (Fsp3) is 0.304. The minimum atomic E-state index is -0.0461. The van der Waals surface area contributed by atoms with Gasteiger partial charge in [0.1, 0.15) is 0 Å². The zero-order valence-electron chi connectivity index (χ0n) is 16.1. The van der Waals surface area contributed by atoms with Crippen LogP contribution in [0.4, 0.5) is 0 Å². The van der Waals surface area contributed by atoms with Gasteiger partial charge in [-0.1, -0.05) is 51.1 Å². The van der Waals surface area contributed by atoms with Crippen LogP contribution < -0.4 is 0 Å². The molecule has 4 heteroatoms. The maximum absolute atomic E-state index is 4.85. The number of fused-ring (bicyclic) bond motifs is 2. The van der Waals surface area contributed by atoms with Crippen LogP contribution in [0.15, 0.2) is 60.8 Å². The molecule has 27 heavy (non-hydrogen) atoms. The van der Waals surface area contributed by atoms with Crippen LogP contribution in [0.2, 0.25) is 0 Å². The lowest BCUT2D eigenvalue weighted by Gasteiger charge is -2.25. The first-order valence-corrected chi connectivity index (χ1v) is 9.47. The van der Waals surface area contributed by atoms with Crippen LogP contribution in [-0.2, 0) is 5.41 Å². The monoisotopic (exact) mass is 356 g/mol. The summed E-state index contributed by atoms with van der Waals surface area (Å²) < 4.78 is 0. The molecule has 4 rings (SSSR count).